The number of hydrogen-bond donors (Lipinski definition) is 1. The summed E-state index contributed by atoms with van der Waals surface area (Å²) >= 11 is 13.7. The number of halogens is 2. The Bertz CT molecular complexity index is 859. The summed E-state index contributed by atoms with van der Waals surface area (Å²) in [4.78, 5) is 15.5. The van der Waals surface area contributed by atoms with Gasteiger partial charge >= 0.3 is 5.97 Å². The summed E-state index contributed by atoms with van der Waals surface area (Å²) in [6.45, 7) is 0. The predicted octanol–water partition coefficient (Wildman–Crippen LogP) is 5.41. The van der Waals surface area contributed by atoms with Crippen LogP contribution in [0.15, 0.2) is 47.8 Å². The van der Waals surface area contributed by atoms with Gasteiger partial charge in [0.15, 0.2) is 0 Å². The van der Waals surface area contributed by atoms with Crippen LogP contribution in [0.1, 0.15) is 20.9 Å². The number of benzene rings is 2. The Morgan fingerprint density at radius 1 is 1.13 bits per heavy atom. The topological polar surface area (TPSA) is 50.2 Å². The van der Waals surface area contributed by atoms with Crippen molar-refractivity contribution >= 4 is 40.5 Å². The van der Waals surface area contributed by atoms with Crippen molar-refractivity contribution in [3.8, 4) is 11.3 Å². The lowest BCUT2D eigenvalue weighted by atomic mass is 10.1. The third kappa shape index (κ3) is 3.72. The molecule has 0 amide bonds. The summed E-state index contributed by atoms with van der Waals surface area (Å²) in [5, 5.41) is 13.0. The maximum absolute atomic E-state index is 10.9. The molecule has 0 atom stereocenters. The van der Waals surface area contributed by atoms with Crippen LogP contribution >= 0.6 is 34.5 Å². The number of aromatic carboxylic acids is 1. The van der Waals surface area contributed by atoms with Gasteiger partial charge in [0.1, 0.15) is 0 Å². The average molecular weight is 364 g/mol. The Balaban J connectivity index is 1.80. The normalized spacial score (nSPS) is 10.7. The summed E-state index contributed by atoms with van der Waals surface area (Å²) in [5.74, 6) is -0.925. The lowest BCUT2D eigenvalue weighted by Gasteiger charge is -2.01. The monoisotopic (exact) mass is 363 g/mol. The van der Waals surface area contributed by atoms with Crippen molar-refractivity contribution in [3.05, 3.63) is 74.0 Å². The van der Waals surface area contributed by atoms with E-state index in [0.29, 0.717) is 16.5 Å². The van der Waals surface area contributed by atoms with Gasteiger partial charge in [-0.3, -0.25) is 0 Å². The van der Waals surface area contributed by atoms with E-state index in [0.717, 1.165) is 21.8 Å². The number of carboxylic acids is 1. The fourth-order valence-corrected chi connectivity index (χ4v) is 3.49. The van der Waals surface area contributed by atoms with E-state index in [4.69, 9.17) is 28.3 Å². The molecule has 0 radical (unpaired) electrons. The molecule has 1 aromatic heterocycles. The average Bonchev–Trinajstić information content (AvgIpc) is 2.96. The first-order valence-corrected chi connectivity index (χ1v) is 8.38. The minimum Gasteiger partial charge on any atom is -0.478 e. The highest BCUT2D eigenvalue weighted by molar-refractivity contribution is 7.10. The van der Waals surface area contributed by atoms with Crippen LogP contribution in [0.5, 0.6) is 0 Å². The summed E-state index contributed by atoms with van der Waals surface area (Å²) in [5.41, 5.74) is 2.95. The van der Waals surface area contributed by atoms with E-state index >= 15 is 0 Å². The maximum atomic E-state index is 10.9. The Labute approximate surface area is 147 Å². The molecule has 0 aliphatic rings. The standard InChI is InChI=1S/C17H11Cl2NO2S/c18-12-5-6-13(14(19)8-12)15-9-23-16(20-15)7-10-1-3-11(4-2-10)17(21)22/h1-6,8-9H,7H2,(H,21,22). The molecule has 0 aliphatic carbocycles. The molecule has 2 aromatic carbocycles. The van der Waals surface area contributed by atoms with E-state index in [2.05, 4.69) is 4.98 Å². The number of nitrogens with zero attached hydrogens (tertiary/aromatic N) is 1. The molecule has 3 rings (SSSR count). The smallest absolute Gasteiger partial charge is 0.335 e. The first kappa shape index (κ1) is 16.0. The fraction of sp³-hybridized carbons (Fsp3) is 0.0588. The molecule has 0 saturated heterocycles. The van der Waals surface area contributed by atoms with Crippen molar-refractivity contribution in [2.45, 2.75) is 6.42 Å². The quantitative estimate of drug-likeness (QED) is 0.674. The largest absolute Gasteiger partial charge is 0.478 e. The third-order valence-electron chi connectivity index (χ3n) is 3.32. The SMILES string of the molecule is O=C(O)c1ccc(Cc2nc(-c3ccc(Cl)cc3Cl)cs2)cc1. The van der Waals surface area contributed by atoms with Gasteiger partial charge in [-0.2, -0.15) is 0 Å². The molecule has 0 aliphatic heterocycles. The summed E-state index contributed by atoms with van der Waals surface area (Å²) < 4.78 is 0. The molecule has 0 spiro atoms. The summed E-state index contributed by atoms with van der Waals surface area (Å²) in [7, 11) is 0. The van der Waals surface area contributed by atoms with Crippen molar-refractivity contribution in [1.82, 2.24) is 4.98 Å². The number of hydrogen-bond acceptors (Lipinski definition) is 3. The summed E-state index contributed by atoms with van der Waals surface area (Å²) in [6.07, 6.45) is 0.649. The van der Waals surface area contributed by atoms with Crippen molar-refractivity contribution in [2.24, 2.45) is 0 Å². The lowest BCUT2D eigenvalue weighted by molar-refractivity contribution is 0.0697. The predicted molar refractivity (Wildman–Crippen MR) is 93.8 cm³/mol. The lowest BCUT2D eigenvalue weighted by Crippen LogP contribution is -1.96. The van der Waals surface area contributed by atoms with Crippen molar-refractivity contribution in [1.29, 1.82) is 0 Å². The van der Waals surface area contributed by atoms with E-state index in [-0.39, 0.29) is 5.56 Å². The van der Waals surface area contributed by atoms with Crippen LogP contribution in [0.25, 0.3) is 11.3 Å². The number of aromatic nitrogens is 1. The molecule has 3 aromatic rings. The summed E-state index contributed by atoms with van der Waals surface area (Å²) in [6, 6.07) is 12.1. The van der Waals surface area contributed by atoms with Gasteiger partial charge in [0.05, 0.1) is 21.3 Å². The van der Waals surface area contributed by atoms with E-state index in [1.807, 2.05) is 11.4 Å². The van der Waals surface area contributed by atoms with Gasteiger partial charge in [-0.05, 0) is 35.9 Å². The Kier molecular flexibility index (Phi) is 4.66. The number of rotatable bonds is 4. The highest BCUT2D eigenvalue weighted by Crippen LogP contribution is 2.31. The molecule has 6 heteroatoms. The van der Waals surface area contributed by atoms with E-state index < -0.39 is 5.97 Å². The van der Waals surface area contributed by atoms with Crippen LogP contribution in [0.4, 0.5) is 0 Å². The Morgan fingerprint density at radius 2 is 1.87 bits per heavy atom. The van der Waals surface area contributed by atoms with Crippen LogP contribution in [-0.4, -0.2) is 16.1 Å². The second kappa shape index (κ2) is 6.71. The van der Waals surface area contributed by atoms with Crippen molar-refractivity contribution < 1.29 is 9.90 Å². The minimum atomic E-state index is -0.925. The molecule has 0 bridgehead atoms. The minimum absolute atomic E-state index is 0.279. The second-order valence-electron chi connectivity index (χ2n) is 4.93. The highest BCUT2D eigenvalue weighted by Gasteiger charge is 2.10. The van der Waals surface area contributed by atoms with Crippen LogP contribution in [-0.2, 0) is 6.42 Å². The Hall–Kier alpha value is -1.88. The van der Waals surface area contributed by atoms with E-state index in [9.17, 15) is 4.79 Å². The molecule has 0 saturated carbocycles. The zero-order valence-corrected chi connectivity index (χ0v) is 14.1. The van der Waals surface area contributed by atoms with Gasteiger partial charge in [-0.25, -0.2) is 9.78 Å². The van der Waals surface area contributed by atoms with E-state index in [1.54, 1.807) is 47.7 Å². The number of thiazole rings is 1. The van der Waals surface area contributed by atoms with Gasteiger partial charge in [0.2, 0.25) is 0 Å². The van der Waals surface area contributed by atoms with Gasteiger partial charge in [-0.1, -0.05) is 35.3 Å². The first-order chi connectivity index (χ1) is 11.0. The van der Waals surface area contributed by atoms with Gasteiger partial charge in [0, 0.05) is 22.4 Å². The van der Waals surface area contributed by atoms with Crippen molar-refractivity contribution in [2.75, 3.05) is 0 Å². The molecular formula is C17H11Cl2NO2S. The molecule has 1 heterocycles. The van der Waals surface area contributed by atoms with Gasteiger partial charge in [0.25, 0.3) is 0 Å². The molecule has 3 nitrogen and oxygen atoms in total. The fourth-order valence-electron chi connectivity index (χ4n) is 2.15. The maximum Gasteiger partial charge on any atom is 0.335 e. The number of carbonyl (C=O) groups is 1. The van der Waals surface area contributed by atoms with Crippen LogP contribution in [0.3, 0.4) is 0 Å². The van der Waals surface area contributed by atoms with Gasteiger partial charge < -0.3 is 5.11 Å². The molecule has 0 unspecified atom stereocenters. The molecule has 0 fully saturated rings. The van der Waals surface area contributed by atoms with Crippen LogP contribution in [0, 0.1) is 0 Å². The van der Waals surface area contributed by atoms with Gasteiger partial charge in [-0.15, -0.1) is 11.3 Å². The molecule has 23 heavy (non-hydrogen) atoms. The zero-order chi connectivity index (χ0) is 16.4. The molecule has 116 valence electrons. The van der Waals surface area contributed by atoms with Crippen molar-refractivity contribution in [3.63, 3.8) is 0 Å². The number of carboxylic acid groups (broad SMARTS) is 1. The zero-order valence-electron chi connectivity index (χ0n) is 11.8. The first-order valence-electron chi connectivity index (χ1n) is 6.75. The van der Waals surface area contributed by atoms with Crippen LogP contribution < -0.4 is 0 Å². The second-order valence-corrected chi connectivity index (χ2v) is 6.72. The van der Waals surface area contributed by atoms with E-state index in [1.165, 1.54) is 0 Å². The Morgan fingerprint density at radius 3 is 2.52 bits per heavy atom. The molecule has 1 N–H and O–H groups in total. The molecular weight excluding hydrogens is 353 g/mol. The van der Waals surface area contributed by atoms with Crippen LogP contribution in [0.2, 0.25) is 10.0 Å². The highest BCUT2D eigenvalue weighted by atomic mass is 35.5. The third-order valence-corrected chi connectivity index (χ3v) is 4.71.